The number of ether oxygens (including phenoxy) is 2. The summed E-state index contributed by atoms with van der Waals surface area (Å²) in [5, 5.41) is 19.5. The number of aliphatic hydroxyl groups is 2. The topological polar surface area (TPSA) is 76.0 Å². The minimum atomic E-state index is -0.597. The third-order valence-corrected chi connectivity index (χ3v) is 5.27. The van der Waals surface area contributed by atoms with E-state index in [0.29, 0.717) is 16.9 Å². The lowest BCUT2D eigenvalue weighted by Crippen LogP contribution is -2.16. The molecule has 5 nitrogen and oxygen atoms in total. The van der Waals surface area contributed by atoms with Crippen molar-refractivity contribution in [2.75, 3.05) is 13.2 Å². The molecule has 3 aromatic rings. The molecule has 0 aromatic heterocycles. The number of benzene rings is 3. The summed E-state index contributed by atoms with van der Waals surface area (Å²) in [6.45, 7) is 1.34. The molecule has 0 saturated carbocycles. The van der Waals surface area contributed by atoms with Gasteiger partial charge in [-0.05, 0) is 41.8 Å². The van der Waals surface area contributed by atoms with E-state index >= 15 is 0 Å². The van der Waals surface area contributed by atoms with Crippen molar-refractivity contribution in [3.63, 3.8) is 0 Å². The molecule has 0 spiro atoms. The third-order valence-electron chi connectivity index (χ3n) is 4.77. The van der Waals surface area contributed by atoms with Gasteiger partial charge in [0.2, 0.25) is 0 Å². The van der Waals surface area contributed by atoms with Crippen LogP contribution in [0.4, 0.5) is 0 Å². The Morgan fingerprint density at radius 2 is 1.60 bits per heavy atom. The first-order valence-electron chi connectivity index (χ1n) is 9.53. The maximum Gasteiger partial charge on any atom is 0.347 e. The fraction of sp³-hybridized carbons (Fsp3) is 0.208. The molecule has 0 heterocycles. The van der Waals surface area contributed by atoms with Crippen LogP contribution in [0.15, 0.2) is 66.7 Å². The fourth-order valence-electron chi connectivity index (χ4n) is 3.09. The highest BCUT2D eigenvalue weighted by Gasteiger charge is 2.25. The number of carbonyl (C=O) groups excluding carboxylic acids is 1. The molecule has 0 unspecified atom stereocenters. The van der Waals surface area contributed by atoms with E-state index in [0.717, 1.165) is 5.56 Å². The van der Waals surface area contributed by atoms with Gasteiger partial charge in [0.1, 0.15) is 23.7 Å². The molecule has 0 aliphatic heterocycles. The zero-order chi connectivity index (χ0) is 21.5. The highest BCUT2D eigenvalue weighted by atomic mass is 35.5. The van der Waals surface area contributed by atoms with Crippen LogP contribution < -0.4 is 9.47 Å². The zero-order valence-corrected chi connectivity index (χ0v) is 17.3. The van der Waals surface area contributed by atoms with Gasteiger partial charge in [-0.1, -0.05) is 60.1 Å². The second-order valence-electron chi connectivity index (χ2n) is 6.82. The highest BCUT2D eigenvalue weighted by molar-refractivity contribution is 6.32. The van der Waals surface area contributed by atoms with Gasteiger partial charge in [0.15, 0.2) is 0 Å². The van der Waals surface area contributed by atoms with Crippen molar-refractivity contribution in [2.24, 2.45) is 0 Å². The fourth-order valence-corrected chi connectivity index (χ4v) is 3.39. The number of rotatable bonds is 8. The number of carbonyl (C=O) groups is 1. The van der Waals surface area contributed by atoms with E-state index in [1.54, 1.807) is 37.3 Å². The first-order valence-corrected chi connectivity index (χ1v) is 9.91. The van der Waals surface area contributed by atoms with Gasteiger partial charge in [-0.25, -0.2) is 4.79 Å². The molecule has 3 aromatic carbocycles. The maximum absolute atomic E-state index is 13.0. The molecule has 0 radical (unpaired) electrons. The lowest BCUT2D eigenvalue weighted by Gasteiger charge is -2.20. The van der Waals surface area contributed by atoms with Crippen molar-refractivity contribution in [1.82, 2.24) is 0 Å². The minimum absolute atomic E-state index is 0.207. The largest absolute Gasteiger partial charge is 0.488 e. The van der Waals surface area contributed by atoms with Crippen LogP contribution in [-0.2, 0) is 6.61 Å². The van der Waals surface area contributed by atoms with Crippen molar-refractivity contribution in [1.29, 1.82) is 0 Å². The van der Waals surface area contributed by atoms with Crippen LogP contribution in [0, 0.1) is 6.92 Å². The Labute approximate surface area is 180 Å². The predicted molar refractivity (Wildman–Crippen MR) is 115 cm³/mol. The van der Waals surface area contributed by atoms with Crippen molar-refractivity contribution in [2.45, 2.75) is 19.4 Å². The van der Waals surface area contributed by atoms with Crippen LogP contribution in [0.5, 0.6) is 11.5 Å². The standard InChI is InChI=1S/C24H23ClO5/c1-16-22(24(28)30-19-10-6-3-7-11-19)21(29-15-17-8-4-2-5-9-17)12-20(23(16)25)18(13-26)14-27/h2-12,18,26-27H,13-15H2,1H3. The van der Waals surface area contributed by atoms with Gasteiger partial charge in [0, 0.05) is 10.9 Å². The van der Waals surface area contributed by atoms with E-state index in [1.807, 2.05) is 36.4 Å². The monoisotopic (exact) mass is 426 g/mol. The molecule has 0 aliphatic carbocycles. The molecule has 0 atom stereocenters. The highest BCUT2D eigenvalue weighted by Crippen LogP contribution is 2.37. The number of para-hydroxylation sites is 1. The Bertz CT molecular complexity index is 985. The van der Waals surface area contributed by atoms with Gasteiger partial charge in [-0.3, -0.25) is 0 Å². The summed E-state index contributed by atoms with van der Waals surface area (Å²) in [5.41, 5.74) is 2.11. The molecule has 30 heavy (non-hydrogen) atoms. The first kappa shape index (κ1) is 21.8. The molecule has 2 N–H and O–H groups in total. The van der Waals surface area contributed by atoms with Crippen LogP contribution in [0.3, 0.4) is 0 Å². The SMILES string of the molecule is Cc1c(Cl)c(C(CO)CO)cc(OCc2ccccc2)c1C(=O)Oc1ccccc1. The lowest BCUT2D eigenvalue weighted by atomic mass is 9.95. The van der Waals surface area contributed by atoms with Gasteiger partial charge in [-0.15, -0.1) is 0 Å². The van der Waals surface area contributed by atoms with Gasteiger partial charge in [0.25, 0.3) is 0 Å². The van der Waals surface area contributed by atoms with Crippen LogP contribution >= 0.6 is 11.6 Å². The summed E-state index contributed by atoms with van der Waals surface area (Å²) in [5.74, 6) is -0.502. The van der Waals surface area contributed by atoms with E-state index in [-0.39, 0.29) is 36.2 Å². The van der Waals surface area contributed by atoms with Gasteiger partial charge >= 0.3 is 5.97 Å². The molecule has 0 saturated heterocycles. The molecular weight excluding hydrogens is 404 g/mol. The average Bonchev–Trinajstić information content (AvgIpc) is 2.77. The Kier molecular flexibility index (Phi) is 7.46. The van der Waals surface area contributed by atoms with Crippen LogP contribution in [0.1, 0.15) is 33.0 Å². The molecule has 0 amide bonds. The van der Waals surface area contributed by atoms with Gasteiger partial charge < -0.3 is 19.7 Å². The van der Waals surface area contributed by atoms with Crippen LogP contribution in [0.2, 0.25) is 5.02 Å². The number of esters is 1. The molecular formula is C24H23ClO5. The number of hydrogen-bond acceptors (Lipinski definition) is 5. The molecule has 3 rings (SSSR count). The minimum Gasteiger partial charge on any atom is -0.488 e. The lowest BCUT2D eigenvalue weighted by molar-refractivity contribution is 0.0729. The first-order chi connectivity index (χ1) is 14.5. The van der Waals surface area contributed by atoms with E-state index in [1.165, 1.54) is 0 Å². The molecule has 0 bridgehead atoms. The molecule has 156 valence electrons. The Morgan fingerprint density at radius 1 is 1.00 bits per heavy atom. The van der Waals surface area contributed by atoms with E-state index in [9.17, 15) is 15.0 Å². The molecule has 6 heteroatoms. The van der Waals surface area contributed by atoms with E-state index < -0.39 is 11.9 Å². The van der Waals surface area contributed by atoms with E-state index in [4.69, 9.17) is 21.1 Å². The van der Waals surface area contributed by atoms with Crippen LogP contribution in [0.25, 0.3) is 0 Å². The van der Waals surface area contributed by atoms with Crippen molar-refractivity contribution < 1.29 is 24.5 Å². The Balaban J connectivity index is 2.01. The van der Waals surface area contributed by atoms with Crippen molar-refractivity contribution in [3.05, 3.63) is 94.0 Å². The maximum atomic E-state index is 13.0. The average molecular weight is 427 g/mol. The molecule has 0 fully saturated rings. The zero-order valence-electron chi connectivity index (χ0n) is 16.5. The summed E-state index contributed by atoms with van der Waals surface area (Å²) in [4.78, 5) is 13.0. The Hall–Kier alpha value is -2.86. The van der Waals surface area contributed by atoms with Crippen molar-refractivity contribution in [3.8, 4) is 11.5 Å². The summed E-state index contributed by atoms with van der Waals surface area (Å²) in [6, 6.07) is 19.9. The smallest absolute Gasteiger partial charge is 0.347 e. The Morgan fingerprint density at radius 3 is 2.20 bits per heavy atom. The second kappa shape index (κ2) is 10.3. The molecule has 0 aliphatic rings. The number of halogens is 1. The number of hydrogen-bond donors (Lipinski definition) is 2. The second-order valence-corrected chi connectivity index (χ2v) is 7.19. The summed E-state index contributed by atoms with van der Waals surface area (Å²) in [6.07, 6.45) is 0. The van der Waals surface area contributed by atoms with E-state index in [2.05, 4.69) is 0 Å². The summed E-state index contributed by atoms with van der Waals surface area (Å²) < 4.78 is 11.5. The van der Waals surface area contributed by atoms with Crippen molar-refractivity contribution >= 4 is 17.6 Å². The van der Waals surface area contributed by atoms with Gasteiger partial charge in [0.05, 0.1) is 13.2 Å². The predicted octanol–water partition coefficient (Wildman–Crippen LogP) is 4.51. The summed E-state index contributed by atoms with van der Waals surface area (Å²) in [7, 11) is 0. The number of aliphatic hydroxyl groups excluding tert-OH is 2. The van der Waals surface area contributed by atoms with Crippen LogP contribution in [-0.4, -0.2) is 29.4 Å². The summed E-state index contributed by atoms with van der Waals surface area (Å²) >= 11 is 6.50. The van der Waals surface area contributed by atoms with Gasteiger partial charge in [-0.2, -0.15) is 0 Å². The third kappa shape index (κ3) is 5.00. The quantitative estimate of drug-likeness (QED) is 0.409. The normalized spacial score (nSPS) is 10.8.